The summed E-state index contributed by atoms with van der Waals surface area (Å²) in [6.07, 6.45) is 3.01. The van der Waals surface area contributed by atoms with Gasteiger partial charge in [0.25, 0.3) is 0 Å². The highest BCUT2D eigenvalue weighted by molar-refractivity contribution is 5.86. The van der Waals surface area contributed by atoms with Gasteiger partial charge in [0.05, 0.1) is 17.5 Å². The van der Waals surface area contributed by atoms with E-state index in [2.05, 4.69) is 10.4 Å². The van der Waals surface area contributed by atoms with E-state index in [9.17, 15) is 9.59 Å². The molecule has 1 heterocycles. The van der Waals surface area contributed by atoms with E-state index in [0.29, 0.717) is 19.4 Å². The molecule has 0 spiro atoms. The largest absolute Gasteiger partial charge is 0.481 e. The summed E-state index contributed by atoms with van der Waals surface area (Å²) < 4.78 is 1.87. The van der Waals surface area contributed by atoms with Crippen molar-refractivity contribution in [2.75, 3.05) is 6.54 Å². The molecule has 2 unspecified atom stereocenters. The molecule has 0 radical (unpaired) electrons. The Bertz CT molecular complexity index is 551. The molecule has 1 saturated carbocycles. The summed E-state index contributed by atoms with van der Waals surface area (Å²) in [6, 6.07) is 0. The number of amides is 1. The quantitative estimate of drug-likeness (QED) is 0.772. The van der Waals surface area contributed by atoms with Crippen molar-refractivity contribution in [3.05, 3.63) is 17.0 Å². The molecule has 6 nitrogen and oxygen atoms in total. The molecule has 6 heteroatoms. The molecular formula is C15H23N3O3. The number of carbonyl (C=O) groups is 2. The minimum Gasteiger partial charge on any atom is -0.481 e. The average molecular weight is 293 g/mol. The highest BCUT2D eigenvalue weighted by atomic mass is 16.4. The molecule has 2 N–H and O–H groups in total. The van der Waals surface area contributed by atoms with E-state index in [0.717, 1.165) is 24.2 Å². The molecule has 1 aliphatic rings. The summed E-state index contributed by atoms with van der Waals surface area (Å²) in [5.74, 6) is -1.81. The number of aromatic nitrogens is 2. The van der Waals surface area contributed by atoms with Gasteiger partial charge in [0.2, 0.25) is 5.91 Å². The van der Waals surface area contributed by atoms with Gasteiger partial charge in [-0.15, -0.1) is 0 Å². The number of carbonyl (C=O) groups excluding carboxylic acids is 1. The molecule has 0 aliphatic heterocycles. The topological polar surface area (TPSA) is 84.2 Å². The lowest BCUT2D eigenvalue weighted by Crippen LogP contribution is -2.44. The normalized spacial score (nSPS) is 20.9. The summed E-state index contributed by atoms with van der Waals surface area (Å²) in [4.78, 5) is 22.8. The zero-order chi connectivity index (χ0) is 15.6. The van der Waals surface area contributed by atoms with Crippen LogP contribution in [0.4, 0.5) is 0 Å². The molecule has 2 rings (SSSR count). The lowest BCUT2D eigenvalue weighted by Gasteiger charge is -2.31. The Morgan fingerprint density at radius 1 is 1.33 bits per heavy atom. The Labute approximate surface area is 124 Å². The Balaban J connectivity index is 1.75. The van der Waals surface area contributed by atoms with Crippen LogP contribution >= 0.6 is 0 Å². The van der Waals surface area contributed by atoms with Gasteiger partial charge in [-0.2, -0.15) is 5.10 Å². The number of nitrogens with zero attached hydrogens (tertiary/aromatic N) is 2. The molecular weight excluding hydrogens is 270 g/mol. The number of hydrogen-bond acceptors (Lipinski definition) is 3. The molecule has 0 saturated heterocycles. The van der Waals surface area contributed by atoms with Crippen LogP contribution in [0.1, 0.15) is 36.2 Å². The molecule has 21 heavy (non-hydrogen) atoms. The van der Waals surface area contributed by atoms with Gasteiger partial charge in [0.1, 0.15) is 0 Å². The van der Waals surface area contributed by atoms with E-state index in [1.54, 1.807) is 0 Å². The molecule has 2 atom stereocenters. The maximum atomic E-state index is 11.9. The van der Waals surface area contributed by atoms with Crippen LogP contribution in [0.15, 0.2) is 0 Å². The fourth-order valence-corrected chi connectivity index (χ4v) is 2.90. The Morgan fingerprint density at radius 2 is 2.00 bits per heavy atom. The van der Waals surface area contributed by atoms with E-state index >= 15 is 0 Å². The first-order chi connectivity index (χ1) is 9.91. The first kappa shape index (κ1) is 15.5. The molecule has 1 aromatic rings. The predicted octanol–water partition coefficient (Wildman–Crippen LogP) is 1.20. The lowest BCUT2D eigenvalue weighted by atomic mass is 9.73. The molecule has 1 aromatic heterocycles. The van der Waals surface area contributed by atoms with Crippen LogP contribution in [0.25, 0.3) is 0 Å². The van der Waals surface area contributed by atoms with Gasteiger partial charge in [-0.1, -0.05) is 0 Å². The van der Waals surface area contributed by atoms with Crippen LogP contribution in [-0.4, -0.2) is 33.3 Å². The van der Waals surface area contributed by atoms with E-state index in [1.807, 2.05) is 25.6 Å². The second-order valence-electron chi connectivity index (χ2n) is 5.80. The second kappa shape index (κ2) is 6.28. The molecule has 1 amide bonds. The first-order valence-corrected chi connectivity index (χ1v) is 7.41. The van der Waals surface area contributed by atoms with Crippen molar-refractivity contribution < 1.29 is 14.7 Å². The van der Waals surface area contributed by atoms with Gasteiger partial charge in [0.15, 0.2) is 0 Å². The summed E-state index contributed by atoms with van der Waals surface area (Å²) in [6.45, 7) is 4.61. The first-order valence-electron chi connectivity index (χ1n) is 7.41. The smallest absolute Gasteiger partial charge is 0.307 e. The Hall–Kier alpha value is -1.85. The van der Waals surface area contributed by atoms with Gasteiger partial charge in [-0.05, 0) is 45.1 Å². The van der Waals surface area contributed by atoms with E-state index in [4.69, 9.17) is 5.11 Å². The highest BCUT2D eigenvalue weighted by Gasteiger charge is 2.41. The van der Waals surface area contributed by atoms with E-state index < -0.39 is 11.9 Å². The third-order valence-electron chi connectivity index (χ3n) is 4.49. The highest BCUT2D eigenvalue weighted by Crippen LogP contribution is 2.34. The monoisotopic (exact) mass is 293 g/mol. The third kappa shape index (κ3) is 3.25. The van der Waals surface area contributed by atoms with Gasteiger partial charge >= 0.3 is 5.97 Å². The zero-order valence-electron chi connectivity index (χ0n) is 12.8. The van der Waals surface area contributed by atoms with Crippen LogP contribution in [0, 0.1) is 25.7 Å². The van der Waals surface area contributed by atoms with Crippen molar-refractivity contribution in [3.63, 3.8) is 0 Å². The lowest BCUT2D eigenvalue weighted by molar-refractivity contribution is -0.152. The van der Waals surface area contributed by atoms with Crippen molar-refractivity contribution in [2.24, 2.45) is 18.9 Å². The Morgan fingerprint density at radius 3 is 2.48 bits per heavy atom. The molecule has 0 aromatic carbocycles. The maximum absolute atomic E-state index is 11.9. The van der Waals surface area contributed by atoms with Gasteiger partial charge in [-0.3, -0.25) is 14.3 Å². The SMILES string of the molecule is Cc1nn(C)c(C)c1CCCNC(=O)C1CCC1C(=O)O. The number of carboxylic acids is 1. The van der Waals surface area contributed by atoms with Crippen molar-refractivity contribution in [1.29, 1.82) is 0 Å². The number of aliphatic carboxylic acids is 1. The third-order valence-corrected chi connectivity index (χ3v) is 4.49. The van der Waals surface area contributed by atoms with Crippen molar-refractivity contribution in [3.8, 4) is 0 Å². The number of rotatable bonds is 6. The van der Waals surface area contributed by atoms with E-state index in [-0.39, 0.29) is 11.8 Å². The van der Waals surface area contributed by atoms with Crippen LogP contribution in [-0.2, 0) is 23.1 Å². The predicted molar refractivity (Wildman–Crippen MR) is 77.9 cm³/mol. The fraction of sp³-hybridized carbons (Fsp3) is 0.667. The summed E-state index contributed by atoms with van der Waals surface area (Å²) >= 11 is 0. The number of carboxylic acid groups (broad SMARTS) is 1. The maximum Gasteiger partial charge on any atom is 0.307 e. The standard InChI is InChI=1S/C15H23N3O3/c1-9-11(10(2)18(3)17-9)5-4-8-16-14(19)12-6-7-13(12)15(20)21/h12-13H,4-8H2,1-3H3,(H,16,19)(H,20,21). The Kier molecular flexibility index (Phi) is 4.65. The van der Waals surface area contributed by atoms with Gasteiger partial charge in [0, 0.05) is 19.3 Å². The minimum atomic E-state index is -0.858. The van der Waals surface area contributed by atoms with Crippen LogP contribution in [0.5, 0.6) is 0 Å². The molecule has 1 aliphatic carbocycles. The molecule has 116 valence electrons. The summed E-state index contributed by atoms with van der Waals surface area (Å²) in [5, 5.41) is 16.2. The van der Waals surface area contributed by atoms with Gasteiger partial charge < -0.3 is 10.4 Å². The molecule has 0 bridgehead atoms. The van der Waals surface area contributed by atoms with Crippen LogP contribution < -0.4 is 5.32 Å². The summed E-state index contributed by atoms with van der Waals surface area (Å²) in [7, 11) is 1.93. The second-order valence-corrected chi connectivity index (χ2v) is 5.80. The van der Waals surface area contributed by atoms with Gasteiger partial charge in [-0.25, -0.2) is 0 Å². The van der Waals surface area contributed by atoms with Crippen LogP contribution in [0.3, 0.4) is 0 Å². The average Bonchev–Trinajstić information content (AvgIpc) is 2.58. The summed E-state index contributed by atoms with van der Waals surface area (Å²) in [5.41, 5.74) is 3.42. The minimum absolute atomic E-state index is 0.117. The fourth-order valence-electron chi connectivity index (χ4n) is 2.90. The zero-order valence-corrected chi connectivity index (χ0v) is 12.8. The molecule has 1 fully saturated rings. The van der Waals surface area contributed by atoms with E-state index in [1.165, 1.54) is 5.56 Å². The van der Waals surface area contributed by atoms with Crippen LogP contribution in [0.2, 0.25) is 0 Å². The van der Waals surface area contributed by atoms with Crippen molar-refractivity contribution >= 4 is 11.9 Å². The van der Waals surface area contributed by atoms with Crippen molar-refractivity contribution in [2.45, 2.75) is 39.5 Å². The van der Waals surface area contributed by atoms with Crippen molar-refractivity contribution in [1.82, 2.24) is 15.1 Å². The number of aryl methyl sites for hydroxylation is 2. The number of hydrogen-bond donors (Lipinski definition) is 2. The number of nitrogens with one attached hydrogen (secondary N) is 1.